The first-order chi connectivity index (χ1) is 11.6. The third-order valence-electron chi connectivity index (χ3n) is 3.73. The van der Waals surface area contributed by atoms with Crippen LogP contribution < -0.4 is 10.1 Å². The predicted octanol–water partition coefficient (Wildman–Crippen LogP) is 3.20. The van der Waals surface area contributed by atoms with Crippen LogP contribution in [0, 0.1) is 0 Å². The lowest BCUT2D eigenvalue weighted by molar-refractivity contribution is -0.115. The molecular formula is C18H20N4O2. The van der Waals surface area contributed by atoms with Gasteiger partial charge in [-0.1, -0.05) is 12.1 Å². The number of ether oxygens (including phenoxy) is 1. The molecular weight excluding hydrogens is 304 g/mol. The maximum Gasteiger partial charge on any atom is 0.228 e. The molecule has 2 aromatic heterocycles. The second-order valence-corrected chi connectivity index (χ2v) is 5.89. The SMILES string of the molecule is COc1ccc(CC(=O)Nc2cnc3c(cnn3C(C)C)c2)cc1. The number of hydrogen-bond donors (Lipinski definition) is 1. The van der Waals surface area contributed by atoms with E-state index < -0.39 is 0 Å². The van der Waals surface area contributed by atoms with E-state index in [0.29, 0.717) is 12.1 Å². The van der Waals surface area contributed by atoms with Gasteiger partial charge in [-0.3, -0.25) is 4.79 Å². The molecule has 0 spiro atoms. The molecule has 3 rings (SSSR count). The molecule has 0 radical (unpaired) electrons. The van der Waals surface area contributed by atoms with Crippen LogP contribution in [0.5, 0.6) is 5.75 Å². The van der Waals surface area contributed by atoms with Crippen LogP contribution in [-0.4, -0.2) is 27.8 Å². The van der Waals surface area contributed by atoms with E-state index in [9.17, 15) is 4.79 Å². The Morgan fingerprint density at radius 1 is 1.25 bits per heavy atom. The maximum atomic E-state index is 12.2. The standard InChI is InChI=1S/C18H20N4O2/c1-12(2)22-18-14(10-20-22)9-15(11-19-18)21-17(23)8-13-4-6-16(24-3)7-5-13/h4-7,9-12H,8H2,1-3H3,(H,21,23). The van der Waals surface area contributed by atoms with Crippen LogP contribution in [0.15, 0.2) is 42.7 Å². The first-order valence-corrected chi connectivity index (χ1v) is 7.83. The van der Waals surface area contributed by atoms with Gasteiger partial charge < -0.3 is 10.1 Å². The van der Waals surface area contributed by atoms with Crippen molar-refractivity contribution in [3.05, 3.63) is 48.3 Å². The van der Waals surface area contributed by atoms with E-state index in [1.807, 2.05) is 35.0 Å². The van der Waals surface area contributed by atoms with Crippen molar-refractivity contribution >= 4 is 22.6 Å². The molecule has 0 fully saturated rings. The molecule has 0 aliphatic heterocycles. The minimum Gasteiger partial charge on any atom is -0.497 e. The summed E-state index contributed by atoms with van der Waals surface area (Å²) in [7, 11) is 1.62. The Hall–Kier alpha value is -2.89. The summed E-state index contributed by atoms with van der Waals surface area (Å²) in [6.07, 6.45) is 3.73. The zero-order valence-electron chi connectivity index (χ0n) is 14.0. The maximum absolute atomic E-state index is 12.2. The highest BCUT2D eigenvalue weighted by molar-refractivity contribution is 5.93. The highest BCUT2D eigenvalue weighted by Crippen LogP contribution is 2.19. The number of carbonyl (C=O) groups excluding carboxylic acids is 1. The van der Waals surface area contributed by atoms with Crippen molar-refractivity contribution in [2.24, 2.45) is 0 Å². The van der Waals surface area contributed by atoms with E-state index in [1.54, 1.807) is 19.5 Å². The molecule has 24 heavy (non-hydrogen) atoms. The summed E-state index contributed by atoms with van der Waals surface area (Å²) < 4.78 is 6.97. The average molecular weight is 324 g/mol. The van der Waals surface area contributed by atoms with Crippen LogP contribution in [0.2, 0.25) is 0 Å². The predicted molar refractivity (Wildman–Crippen MR) is 93.2 cm³/mol. The molecule has 0 aliphatic rings. The van der Waals surface area contributed by atoms with Gasteiger partial charge in [0.25, 0.3) is 0 Å². The molecule has 6 nitrogen and oxygen atoms in total. The Morgan fingerprint density at radius 2 is 2.00 bits per heavy atom. The molecule has 1 amide bonds. The van der Waals surface area contributed by atoms with Gasteiger partial charge in [-0.05, 0) is 37.6 Å². The number of benzene rings is 1. The number of methoxy groups -OCH3 is 1. The van der Waals surface area contributed by atoms with Crippen molar-refractivity contribution in [1.82, 2.24) is 14.8 Å². The molecule has 0 atom stereocenters. The Bertz CT molecular complexity index is 853. The lowest BCUT2D eigenvalue weighted by Crippen LogP contribution is -2.14. The molecule has 6 heteroatoms. The summed E-state index contributed by atoms with van der Waals surface area (Å²) in [6, 6.07) is 9.58. The third-order valence-corrected chi connectivity index (χ3v) is 3.73. The minimum atomic E-state index is -0.0856. The normalized spacial score (nSPS) is 11.0. The summed E-state index contributed by atoms with van der Waals surface area (Å²) in [5, 5.41) is 8.12. The zero-order valence-corrected chi connectivity index (χ0v) is 14.0. The van der Waals surface area contributed by atoms with E-state index in [0.717, 1.165) is 22.3 Å². The van der Waals surface area contributed by atoms with Gasteiger partial charge >= 0.3 is 0 Å². The van der Waals surface area contributed by atoms with Crippen molar-refractivity contribution < 1.29 is 9.53 Å². The fourth-order valence-electron chi connectivity index (χ4n) is 2.52. The summed E-state index contributed by atoms with van der Waals surface area (Å²) in [4.78, 5) is 16.6. The van der Waals surface area contributed by atoms with Crippen molar-refractivity contribution in [2.45, 2.75) is 26.3 Å². The monoisotopic (exact) mass is 324 g/mol. The van der Waals surface area contributed by atoms with Crippen LogP contribution in [0.1, 0.15) is 25.5 Å². The van der Waals surface area contributed by atoms with E-state index in [4.69, 9.17) is 4.74 Å². The number of nitrogens with one attached hydrogen (secondary N) is 1. The number of hydrogen-bond acceptors (Lipinski definition) is 4. The van der Waals surface area contributed by atoms with Gasteiger partial charge in [0, 0.05) is 11.4 Å². The van der Waals surface area contributed by atoms with Gasteiger partial charge in [0.15, 0.2) is 5.65 Å². The van der Waals surface area contributed by atoms with E-state index in [1.165, 1.54) is 0 Å². The summed E-state index contributed by atoms with van der Waals surface area (Å²) in [5.41, 5.74) is 2.41. The Morgan fingerprint density at radius 3 is 2.67 bits per heavy atom. The van der Waals surface area contributed by atoms with Crippen molar-refractivity contribution in [3.8, 4) is 5.75 Å². The number of carbonyl (C=O) groups is 1. The summed E-state index contributed by atoms with van der Waals surface area (Å²) >= 11 is 0. The number of amides is 1. The number of anilines is 1. The highest BCUT2D eigenvalue weighted by atomic mass is 16.5. The summed E-state index contributed by atoms with van der Waals surface area (Å²) in [6.45, 7) is 4.11. The van der Waals surface area contributed by atoms with Crippen LogP contribution in [0.3, 0.4) is 0 Å². The van der Waals surface area contributed by atoms with E-state index >= 15 is 0 Å². The summed E-state index contributed by atoms with van der Waals surface area (Å²) in [5.74, 6) is 0.688. The van der Waals surface area contributed by atoms with Gasteiger partial charge in [0.05, 0.1) is 31.6 Å². The fourth-order valence-corrected chi connectivity index (χ4v) is 2.52. The molecule has 124 valence electrons. The van der Waals surface area contributed by atoms with Crippen LogP contribution in [0.4, 0.5) is 5.69 Å². The van der Waals surface area contributed by atoms with Crippen molar-refractivity contribution in [3.63, 3.8) is 0 Å². The Kier molecular flexibility index (Phi) is 4.46. The molecule has 1 aromatic carbocycles. The Labute approximate surface area is 140 Å². The van der Waals surface area contributed by atoms with Gasteiger partial charge in [-0.2, -0.15) is 5.10 Å². The van der Waals surface area contributed by atoms with Crippen LogP contribution >= 0.6 is 0 Å². The molecule has 0 saturated heterocycles. The van der Waals surface area contributed by atoms with E-state index in [-0.39, 0.29) is 11.9 Å². The molecule has 0 unspecified atom stereocenters. The minimum absolute atomic E-state index is 0.0856. The zero-order chi connectivity index (χ0) is 17.1. The number of nitrogens with zero attached hydrogens (tertiary/aromatic N) is 3. The first kappa shape index (κ1) is 16.0. The largest absolute Gasteiger partial charge is 0.497 e. The molecule has 3 aromatic rings. The van der Waals surface area contributed by atoms with Gasteiger partial charge in [0.2, 0.25) is 5.91 Å². The smallest absolute Gasteiger partial charge is 0.228 e. The molecule has 0 aliphatic carbocycles. The average Bonchev–Trinajstić information content (AvgIpc) is 2.99. The second-order valence-electron chi connectivity index (χ2n) is 5.89. The number of pyridine rings is 1. The number of fused-ring (bicyclic) bond motifs is 1. The van der Waals surface area contributed by atoms with Gasteiger partial charge in [0.1, 0.15) is 5.75 Å². The van der Waals surface area contributed by atoms with Crippen molar-refractivity contribution in [1.29, 1.82) is 0 Å². The lowest BCUT2D eigenvalue weighted by atomic mass is 10.1. The molecule has 0 saturated carbocycles. The fraction of sp³-hybridized carbons (Fsp3) is 0.278. The van der Waals surface area contributed by atoms with E-state index in [2.05, 4.69) is 29.2 Å². The highest BCUT2D eigenvalue weighted by Gasteiger charge is 2.10. The van der Waals surface area contributed by atoms with Gasteiger partial charge in [-0.25, -0.2) is 9.67 Å². The quantitative estimate of drug-likeness (QED) is 0.782. The second kappa shape index (κ2) is 6.70. The number of aromatic nitrogens is 3. The molecule has 2 heterocycles. The molecule has 1 N–H and O–H groups in total. The Balaban J connectivity index is 1.70. The molecule has 0 bridgehead atoms. The third kappa shape index (κ3) is 3.37. The van der Waals surface area contributed by atoms with Crippen LogP contribution in [0.25, 0.3) is 11.0 Å². The number of rotatable bonds is 5. The topological polar surface area (TPSA) is 69.0 Å². The lowest BCUT2D eigenvalue weighted by Gasteiger charge is -2.08. The van der Waals surface area contributed by atoms with Crippen molar-refractivity contribution in [2.75, 3.05) is 12.4 Å². The van der Waals surface area contributed by atoms with Gasteiger partial charge in [-0.15, -0.1) is 0 Å². The van der Waals surface area contributed by atoms with Crippen LogP contribution in [-0.2, 0) is 11.2 Å². The first-order valence-electron chi connectivity index (χ1n) is 7.83.